The van der Waals surface area contributed by atoms with Gasteiger partial charge in [-0.05, 0) is 38.0 Å². The summed E-state index contributed by atoms with van der Waals surface area (Å²) in [5, 5.41) is 15.2. The summed E-state index contributed by atoms with van der Waals surface area (Å²) in [4.78, 5) is 4.35. The van der Waals surface area contributed by atoms with Crippen molar-refractivity contribution in [1.29, 1.82) is 5.26 Å². The van der Waals surface area contributed by atoms with Crippen molar-refractivity contribution in [2.45, 2.75) is 32.4 Å². The van der Waals surface area contributed by atoms with Gasteiger partial charge in [0.1, 0.15) is 5.82 Å². The van der Waals surface area contributed by atoms with Crippen LogP contribution in [0, 0.1) is 17.1 Å². The first-order chi connectivity index (χ1) is 9.22. The molecule has 1 aliphatic rings. The van der Waals surface area contributed by atoms with Crippen molar-refractivity contribution >= 4 is 5.96 Å². The highest BCUT2D eigenvalue weighted by Gasteiger charge is 2.22. The number of nitrogens with one attached hydrogen (secondary N) is 2. The van der Waals surface area contributed by atoms with Crippen LogP contribution < -0.4 is 10.6 Å². The third-order valence-electron chi connectivity index (χ3n) is 2.84. The normalized spacial score (nSPS) is 14.9. The molecule has 4 nitrogen and oxygen atoms in total. The summed E-state index contributed by atoms with van der Waals surface area (Å²) in [6.07, 6.45) is 2.31. The SMILES string of the molecule is CCNC(=NCc1cc(C#N)ccc1F)NC1CC1. The Balaban J connectivity index is 2.07. The standard InChI is InChI=1S/C14H17FN4/c1-2-17-14(19-12-4-5-12)18-9-11-7-10(8-16)3-6-13(11)15/h3,6-7,12H,2,4-5,9H2,1H3,(H2,17,18,19). The number of nitrogens with zero attached hydrogens (tertiary/aromatic N) is 2. The van der Waals surface area contributed by atoms with Gasteiger partial charge in [0.25, 0.3) is 0 Å². The minimum Gasteiger partial charge on any atom is -0.357 e. The first kappa shape index (κ1) is 13.3. The molecule has 1 aromatic rings. The highest BCUT2D eigenvalue weighted by atomic mass is 19.1. The van der Waals surface area contributed by atoms with E-state index in [1.165, 1.54) is 12.1 Å². The Morgan fingerprint density at radius 2 is 2.32 bits per heavy atom. The van der Waals surface area contributed by atoms with Crippen molar-refractivity contribution in [3.63, 3.8) is 0 Å². The number of halogens is 1. The van der Waals surface area contributed by atoms with Crippen LogP contribution in [0.15, 0.2) is 23.2 Å². The molecule has 100 valence electrons. The minimum absolute atomic E-state index is 0.226. The zero-order chi connectivity index (χ0) is 13.7. The maximum Gasteiger partial charge on any atom is 0.191 e. The van der Waals surface area contributed by atoms with Crippen LogP contribution in [0.1, 0.15) is 30.9 Å². The van der Waals surface area contributed by atoms with Gasteiger partial charge in [0, 0.05) is 18.2 Å². The third-order valence-corrected chi connectivity index (χ3v) is 2.84. The Bertz CT molecular complexity index is 515. The summed E-state index contributed by atoms with van der Waals surface area (Å²) in [7, 11) is 0. The van der Waals surface area contributed by atoms with Crippen LogP contribution in [0.25, 0.3) is 0 Å². The predicted octanol–water partition coefficient (Wildman–Crippen LogP) is 1.91. The Hall–Kier alpha value is -2.09. The first-order valence-corrected chi connectivity index (χ1v) is 6.46. The molecule has 0 atom stereocenters. The van der Waals surface area contributed by atoms with Crippen LogP contribution in [-0.2, 0) is 6.54 Å². The van der Waals surface area contributed by atoms with E-state index in [1.54, 1.807) is 6.07 Å². The lowest BCUT2D eigenvalue weighted by Gasteiger charge is -2.10. The molecule has 0 aromatic heterocycles. The van der Waals surface area contributed by atoms with Gasteiger partial charge in [-0.3, -0.25) is 0 Å². The van der Waals surface area contributed by atoms with E-state index in [9.17, 15) is 4.39 Å². The molecule has 0 saturated heterocycles. The van der Waals surface area contributed by atoms with Gasteiger partial charge in [-0.25, -0.2) is 9.38 Å². The molecule has 1 fully saturated rings. The largest absolute Gasteiger partial charge is 0.357 e. The van der Waals surface area contributed by atoms with Crippen molar-refractivity contribution in [3.8, 4) is 6.07 Å². The minimum atomic E-state index is -0.329. The molecule has 1 saturated carbocycles. The zero-order valence-corrected chi connectivity index (χ0v) is 10.9. The fourth-order valence-corrected chi connectivity index (χ4v) is 1.67. The molecule has 0 aliphatic heterocycles. The Morgan fingerprint density at radius 3 is 2.95 bits per heavy atom. The summed E-state index contributed by atoms with van der Waals surface area (Å²) in [6.45, 7) is 2.98. The highest BCUT2D eigenvalue weighted by molar-refractivity contribution is 5.80. The smallest absolute Gasteiger partial charge is 0.191 e. The number of hydrogen-bond donors (Lipinski definition) is 2. The van der Waals surface area contributed by atoms with Crippen molar-refractivity contribution < 1.29 is 4.39 Å². The summed E-state index contributed by atoms with van der Waals surface area (Å²) in [5.41, 5.74) is 0.888. The van der Waals surface area contributed by atoms with E-state index >= 15 is 0 Å². The predicted molar refractivity (Wildman–Crippen MR) is 72.1 cm³/mol. The fourth-order valence-electron chi connectivity index (χ4n) is 1.67. The molecule has 0 amide bonds. The molecule has 0 bridgehead atoms. The topological polar surface area (TPSA) is 60.2 Å². The van der Waals surface area contributed by atoms with E-state index in [0.717, 1.165) is 19.4 Å². The lowest BCUT2D eigenvalue weighted by Crippen LogP contribution is -2.38. The van der Waals surface area contributed by atoms with Gasteiger partial charge in [-0.2, -0.15) is 5.26 Å². The second-order valence-electron chi connectivity index (χ2n) is 4.53. The summed E-state index contributed by atoms with van der Waals surface area (Å²) in [5.74, 6) is 0.372. The van der Waals surface area contributed by atoms with Gasteiger partial charge in [-0.15, -0.1) is 0 Å². The number of guanidine groups is 1. The Morgan fingerprint density at radius 1 is 1.53 bits per heavy atom. The van der Waals surface area contributed by atoms with E-state index in [1.807, 2.05) is 13.0 Å². The van der Waals surface area contributed by atoms with Gasteiger partial charge < -0.3 is 10.6 Å². The fraction of sp³-hybridized carbons (Fsp3) is 0.429. The van der Waals surface area contributed by atoms with Crippen LogP contribution >= 0.6 is 0 Å². The van der Waals surface area contributed by atoms with Gasteiger partial charge in [0.15, 0.2) is 5.96 Å². The number of nitriles is 1. The van der Waals surface area contributed by atoms with Gasteiger partial charge in [0.2, 0.25) is 0 Å². The summed E-state index contributed by atoms with van der Waals surface area (Å²) >= 11 is 0. The van der Waals surface area contributed by atoms with Gasteiger partial charge in [-0.1, -0.05) is 0 Å². The molecule has 1 aromatic carbocycles. The average Bonchev–Trinajstić information content (AvgIpc) is 3.22. The Kier molecular flexibility index (Phi) is 4.35. The highest BCUT2D eigenvalue weighted by Crippen LogP contribution is 2.18. The third kappa shape index (κ3) is 3.95. The summed E-state index contributed by atoms with van der Waals surface area (Å²) in [6, 6.07) is 6.82. The maximum absolute atomic E-state index is 13.6. The number of rotatable bonds is 4. The van der Waals surface area contributed by atoms with Gasteiger partial charge in [0.05, 0.1) is 18.2 Å². The van der Waals surface area contributed by atoms with Crippen molar-refractivity contribution in [1.82, 2.24) is 10.6 Å². The van der Waals surface area contributed by atoms with Crippen LogP contribution in [0.5, 0.6) is 0 Å². The molecular weight excluding hydrogens is 243 g/mol. The summed E-state index contributed by atoms with van der Waals surface area (Å²) < 4.78 is 13.6. The molecule has 0 spiro atoms. The van der Waals surface area contributed by atoms with Crippen LogP contribution in [0.4, 0.5) is 4.39 Å². The van der Waals surface area contributed by atoms with E-state index < -0.39 is 0 Å². The van der Waals surface area contributed by atoms with Crippen LogP contribution in [0.2, 0.25) is 0 Å². The monoisotopic (exact) mass is 260 g/mol. The van der Waals surface area contributed by atoms with Crippen molar-refractivity contribution in [2.24, 2.45) is 4.99 Å². The number of benzene rings is 1. The van der Waals surface area contributed by atoms with Gasteiger partial charge >= 0.3 is 0 Å². The molecule has 0 unspecified atom stereocenters. The van der Waals surface area contributed by atoms with Crippen LogP contribution in [0.3, 0.4) is 0 Å². The average molecular weight is 260 g/mol. The molecule has 2 N–H and O–H groups in total. The number of hydrogen-bond acceptors (Lipinski definition) is 2. The molecular formula is C14H17FN4. The lowest BCUT2D eigenvalue weighted by molar-refractivity contribution is 0.610. The lowest BCUT2D eigenvalue weighted by atomic mass is 10.1. The zero-order valence-electron chi connectivity index (χ0n) is 10.9. The quantitative estimate of drug-likeness (QED) is 0.642. The van der Waals surface area contributed by atoms with E-state index in [-0.39, 0.29) is 12.4 Å². The maximum atomic E-state index is 13.6. The number of aliphatic imine (C=N–C) groups is 1. The molecule has 2 rings (SSSR count). The van der Waals surface area contributed by atoms with E-state index in [0.29, 0.717) is 23.1 Å². The van der Waals surface area contributed by atoms with Crippen LogP contribution in [-0.4, -0.2) is 18.5 Å². The molecule has 1 aliphatic carbocycles. The second kappa shape index (κ2) is 6.19. The molecule has 0 heterocycles. The van der Waals surface area contributed by atoms with Crippen molar-refractivity contribution in [2.75, 3.05) is 6.54 Å². The first-order valence-electron chi connectivity index (χ1n) is 6.46. The van der Waals surface area contributed by atoms with Crippen molar-refractivity contribution in [3.05, 3.63) is 35.1 Å². The molecule has 19 heavy (non-hydrogen) atoms. The Labute approximate surface area is 112 Å². The molecule has 5 heteroatoms. The second-order valence-corrected chi connectivity index (χ2v) is 4.53. The van der Waals surface area contributed by atoms with E-state index in [4.69, 9.17) is 5.26 Å². The van der Waals surface area contributed by atoms with E-state index in [2.05, 4.69) is 15.6 Å². The molecule has 0 radical (unpaired) electrons.